The molecule has 0 radical (unpaired) electrons. The summed E-state index contributed by atoms with van der Waals surface area (Å²) in [6.45, 7) is 0.849. The summed E-state index contributed by atoms with van der Waals surface area (Å²) in [4.78, 5) is 19.7. The summed E-state index contributed by atoms with van der Waals surface area (Å²) in [7, 11) is 1.86. The summed E-state index contributed by atoms with van der Waals surface area (Å²) in [6, 6.07) is 0. The van der Waals surface area contributed by atoms with E-state index in [1.54, 1.807) is 0 Å². The van der Waals surface area contributed by atoms with Crippen LogP contribution in [0.2, 0.25) is 0 Å². The number of anilines is 2. The molecule has 7 nitrogen and oxygen atoms in total. The summed E-state index contributed by atoms with van der Waals surface area (Å²) in [5.41, 5.74) is 5.26. The lowest BCUT2D eigenvalue weighted by Gasteiger charge is -2.16. The Morgan fingerprint density at radius 3 is 2.88 bits per heavy atom. The molecule has 2 rings (SSSR count). The molecule has 1 aromatic rings. The average molecular weight is 237 g/mol. The Hall–Kier alpha value is -1.92. The fraction of sp³-hybridized carbons (Fsp3) is 0.600. The van der Waals surface area contributed by atoms with Gasteiger partial charge in [0.25, 0.3) is 0 Å². The van der Waals surface area contributed by atoms with Crippen LogP contribution in [-0.4, -0.2) is 28.5 Å². The zero-order chi connectivity index (χ0) is 12.4. The van der Waals surface area contributed by atoms with Crippen molar-refractivity contribution >= 4 is 17.5 Å². The van der Waals surface area contributed by atoms with E-state index in [9.17, 15) is 10.1 Å². The Bertz CT molecular complexity index is 433. The molecule has 2 N–H and O–H groups in total. The van der Waals surface area contributed by atoms with Crippen LogP contribution < -0.4 is 10.6 Å². The van der Waals surface area contributed by atoms with Crippen molar-refractivity contribution in [2.75, 3.05) is 24.2 Å². The number of nitrogens with two attached hydrogens (primary N) is 1. The van der Waals surface area contributed by atoms with Gasteiger partial charge in [-0.15, -0.1) is 0 Å². The first-order valence-electron chi connectivity index (χ1n) is 5.56. The Morgan fingerprint density at radius 2 is 2.35 bits per heavy atom. The van der Waals surface area contributed by atoms with Crippen LogP contribution in [-0.2, 0) is 0 Å². The third-order valence-corrected chi connectivity index (χ3v) is 2.89. The van der Waals surface area contributed by atoms with Gasteiger partial charge in [0.05, 0.1) is 4.92 Å². The lowest BCUT2D eigenvalue weighted by molar-refractivity contribution is -0.384. The highest BCUT2D eigenvalue weighted by Crippen LogP contribution is 2.32. The molecule has 0 aliphatic heterocycles. The van der Waals surface area contributed by atoms with E-state index in [2.05, 4.69) is 9.97 Å². The van der Waals surface area contributed by atoms with Crippen molar-refractivity contribution in [3.63, 3.8) is 0 Å². The number of nitrogen functional groups attached to an aromatic ring is 1. The zero-order valence-electron chi connectivity index (χ0n) is 9.67. The van der Waals surface area contributed by atoms with Crippen LogP contribution in [0.4, 0.5) is 17.5 Å². The third-order valence-electron chi connectivity index (χ3n) is 2.89. The Morgan fingerprint density at radius 1 is 1.65 bits per heavy atom. The number of hydrogen-bond donors (Lipinski definition) is 1. The molecule has 1 aliphatic carbocycles. The molecule has 0 saturated heterocycles. The minimum atomic E-state index is -0.580. The van der Waals surface area contributed by atoms with Gasteiger partial charge in [0.2, 0.25) is 11.8 Å². The Balaban J connectivity index is 2.04. The smallest absolute Gasteiger partial charge is 0.329 e. The highest BCUT2D eigenvalue weighted by atomic mass is 16.6. The molecule has 0 atom stereocenters. The molecule has 0 amide bonds. The largest absolute Gasteiger partial charge is 0.378 e. The van der Waals surface area contributed by atoms with Crippen molar-refractivity contribution in [2.24, 2.45) is 5.92 Å². The summed E-state index contributed by atoms with van der Waals surface area (Å²) < 4.78 is 0. The molecule has 1 aliphatic rings. The predicted molar refractivity (Wildman–Crippen MR) is 63.7 cm³/mol. The van der Waals surface area contributed by atoms with E-state index in [1.165, 1.54) is 12.8 Å². The van der Waals surface area contributed by atoms with E-state index >= 15 is 0 Å². The fourth-order valence-corrected chi connectivity index (χ4v) is 1.59. The number of aromatic nitrogens is 2. The first-order valence-corrected chi connectivity index (χ1v) is 5.56. The van der Waals surface area contributed by atoms with E-state index in [-0.39, 0.29) is 11.5 Å². The number of nitrogens with zero attached hydrogens (tertiary/aromatic N) is 4. The van der Waals surface area contributed by atoms with Crippen molar-refractivity contribution in [1.29, 1.82) is 0 Å². The summed E-state index contributed by atoms with van der Waals surface area (Å²) >= 11 is 0. The molecule has 1 fully saturated rings. The summed E-state index contributed by atoms with van der Waals surface area (Å²) in [5.74, 6) is 1.18. The predicted octanol–water partition coefficient (Wildman–Crippen LogP) is 1.20. The summed E-state index contributed by atoms with van der Waals surface area (Å²) in [5, 5.41) is 10.6. The van der Waals surface area contributed by atoms with Crippen LogP contribution in [0.5, 0.6) is 0 Å². The SMILES string of the molecule is CN(CCC1CC1)c1ncc([N+](=O)[O-])c(N)n1. The van der Waals surface area contributed by atoms with Gasteiger partial charge in [-0.25, -0.2) is 4.98 Å². The molecular weight excluding hydrogens is 222 g/mol. The molecule has 0 unspecified atom stereocenters. The van der Waals surface area contributed by atoms with Crippen LogP contribution in [0.3, 0.4) is 0 Å². The minimum absolute atomic E-state index is 0.0849. The maximum Gasteiger partial charge on any atom is 0.329 e. The molecule has 92 valence electrons. The standard InChI is InChI=1S/C10H15N5O2/c1-14(5-4-7-2-3-7)10-12-6-8(15(16)17)9(11)13-10/h6-7H,2-5H2,1H3,(H2,11,12,13). The Kier molecular flexibility index (Phi) is 3.08. The first kappa shape index (κ1) is 11.6. The van der Waals surface area contributed by atoms with Gasteiger partial charge >= 0.3 is 5.69 Å². The second-order valence-corrected chi connectivity index (χ2v) is 4.35. The zero-order valence-corrected chi connectivity index (χ0v) is 9.67. The number of rotatable bonds is 5. The Labute approximate surface area is 98.8 Å². The van der Waals surface area contributed by atoms with Gasteiger partial charge < -0.3 is 10.6 Å². The molecule has 1 aromatic heterocycles. The molecule has 0 aromatic carbocycles. The van der Waals surface area contributed by atoms with Gasteiger partial charge in [0, 0.05) is 13.6 Å². The van der Waals surface area contributed by atoms with E-state index in [1.807, 2.05) is 11.9 Å². The van der Waals surface area contributed by atoms with Crippen molar-refractivity contribution < 1.29 is 4.92 Å². The van der Waals surface area contributed by atoms with Crippen molar-refractivity contribution in [2.45, 2.75) is 19.3 Å². The number of nitro groups is 1. The minimum Gasteiger partial charge on any atom is -0.378 e. The van der Waals surface area contributed by atoms with E-state index < -0.39 is 4.92 Å². The topological polar surface area (TPSA) is 98.2 Å². The van der Waals surface area contributed by atoms with Crippen molar-refractivity contribution in [3.8, 4) is 0 Å². The van der Waals surface area contributed by atoms with Crippen LogP contribution in [0, 0.1) is 16.0 Å². The van der Waals surface area contributed by atoms with Crippen LogP contribution >= 0.6 is 0 Å². The van der Waals surface area contributed by atoms with Crippen LogP contribution in [0.1, 0.15) is 19.3 Å². The molecule has 17 heavy (non-hydrogen) atoms. The van der Waals surface area contributed by atoms with Gasteiger partial charge in [-0.1, -0.05) is 12.8 Å². The lowest BCUT2D eigenvalue weighted by atomic mass is 10.3. The monoisotopic (exact) mass is 237 g/mol. The highest BCUT2D eigenvalue weighted by Gasteiger charge is 2.22. The molecule has 0 spiro atoms. The first-order chi connectivity index (χ1) is 8.08. The molecule has 0 bridgehead atoms. The lowest BCUT2D eigenvalue weighted by Crippen LogP contribution is -2.22. The number of hydrogen-bond acceptors (Lipinski definition) is 6. The average Bonchev–Trinajstić information content (AvgIpc) is 3.09. The van der Waals surface area contributed by atoms with E-state index in [0.717, 1.165) is 25.1 Å². The maximum atomic E-state index is 10.6. The third kappa shape index (κ3) is 2.80. The van der Waals surface area contributed by atoms with Gasteiger partial charge in [-0.05, 0) is 12.3 Å². The van der Waals surface area contributed by atoms with Crippen LogP contribution in [0.25, 0.3) is 0 Å². The van der Waals surface area contributed by atoms with Gasteiger partial charge in [-0.2, -0.15) is 4.98 Å². The second kappa shape index (κ2) is 4.52. The van der Waals surface area contributed by atoms with E-state index in [0.29, 0.717) is 5.95 Å². The second-order valence-electron chi connectivity index (χ2n) is 4.35. The molecule has 1 heterocycles. The quantitative estimate of drug-likeness (QED) is 0.610. The van der Waals surface area contributed by atoms with Crippen molar-refractivity contribution in [1.82, 2.24) is 9.97 Å². The van der Waals surface area contributed by atoms with Gasteiger partial charge in [0.15, 0.2) is 0 Å². The molecule has 7 heteroatoms. The maximum absolute atomic E-state index is 10.6. The van der Waals surface area contributed by atoms with E-state index in [4.69, 9.17) is 5.73 Å². The van der Waals surface area contributed by atoms with Gasteiger partial charge in [0.1, 0.15) is 6.20 Å². The molecular formula is C10H15N5O2. The van der Waals surface area contributed by atoms with Gasteiger partial charge in [-0.3, -0.25) is 10.1 Å². The van der Waals surface area contributed by atoms with Crippen molar-refractivity contribution in [3.05, 3.63) is 16.3 Å². The normalized spacial score (nSPS) is 14.6. The molecule has 1 saturated carbocycles. The summed E-state index contributed by atoms with van der Waals surface area (Å²) in [6.07, 6.45) is 4.87. The fourth-order valence-electron chi connectivity index (χ4n) is 1.59. The highest BCUT2D eigenvalue weighted by molar-refractivity contribution is 5.53. The van der Waals surface area contributed by atoms with Crippen LogP contribution in [0.15, 0.2) is 6.20 Å².